The highest BCUT2D eigenvalue weighted by molar-refractivity contribution is 5.87. The number of benzene rings is 3. The third-order valence-electron chi connectivity index (χ3n) is 5.85. The lowest BCUT2D eigenvalue weighted by atomic mass is 10.0. The normalized spacial score (nSPS) is 12.9. The van der Waals surface area contributed by atoms with E-state index >= 15 is 0 Å². The number of aromatic amines is 1. The van der Waals surface area contributed by atoms with Crippen molar-refractivity contribution in [2.45, 2.75) is 32.1 Å². The van der Waals surface area contributed by atoms with Crippen LogP contribution >= 0.6 is 0 Å². The lowest BCUT2D eigenvalue weighted by Gasteiger charge is -2.20. The lowest BCUT2D eigenvalue weighted by molar-refractivity contribution is 0.172. The molecule has 4 rings (SSSR count). The number of H-pyrrole nitrogens is 1. The smallest absolute Gasteiger partial charge is 0.248 e. The van der Waals surface area contributed by atoms with Gasteiger partial charge in [0.15, 0.2) is 0 Å². The molecule has 6 heteroatoms. The summed E-state index contributed by atoms with van der Waals surface area (Å²) in [7, 11) is 1.65. The van der Waals surface area contributed by atoms with E-state index in [1.807, 2.05) is 60.7 Å². The number of methoxy groups -OCH3 is 1. The molecule has 176 valence electrons. The number of hydrogen-bond donors (Lipinski definition) is 3. The van der Waals surface area contributed by atoms with E-state index < -0.39 is 6.10 Å². The third kappa shape index (κ3) is 5.84. The maximum atomic E-state index is 12.0. The van der Waals surface area contributed by atoms with E-state index in [1.54, 1.807) is 19.2 Å². The summed E-state index contributed by atoms with van der Waals surface area (Å²) >= 11 is 0. The maximum Gasteiger partial charge on any atom is 0.248 e. The van der Waals surface area contributed by atoms with E-state index in [1.165, 1.54) is 11.6 Å². The molecule has 0 aliphatic carbocycles. The molecule has 6 nitrogen and oxygen atoms in total. The minimum Gasteiger partial charge on any atom is -0.497 e. The molecule has 0 spiro atoms. The molecule has 0 saturated heterocycles. The average Bonchev–Trinajstić information content (AvgIpc) is 2.87. The van der Waals surface area contributed by atoms with E-state index in [2.05, 4.69) is 17.2 Å². The summed E-state index contributed by atoms with van der Waals surface area (Å²) in [6.45, 7) is 2.86. The molecule has 0 bridgehead atoms. The first kappa shape index (κ1) is 23.5. The van der Waals surface area contributed by atoms with Crippen molar-refractivity contribution in [2.24, 2.45) is 0 Å². The molecular formula is C28H30N2O4. The van der Waals surface area contributed by atoms with Gasteiger partial charge in [-0.3, -0.25) is 4.79 Å². The second-order valence-corrected chi connectivity index (χ2v) is 8.42. The number of fused-ring (bicyclic) bond motifs is 1. The summed E-state index contributed by atoms with van der Waals surface area (Å²) in [4.78, 5) is 14.9. The molecule has 3 N–H and O–H groups in total. The van der Waals surface area contributed by atoms with Crippen molar-refractivity contribution in [3.05, 3.63) is 106 Å². The Kier molecular flexibility index (Phi) is 7.62. The van der Waals surface area contributed by atoms with Crippen LogP contribution in [0.5, 0.6) is 11.5 Å². The fraction of sp³-hybridized carbons (Fsp3) is 0.250. The summed E-state index contributed by atoms with van der Waals surface area (Å²) in [5.41, 5.74) is 3.34. The Balaban J connectivity index is 1.45. The van der Waals surface area contributed by atoms with Gasteiger partial charge in [-0.05, 0) is 54.3 Å². The molecular weight excluding hydrogens is 428 g/mol. The second kappa shape index (κ2) is 11.0. The fourth-order valence-corrected chi connectivity index (χ4v) is 4.00. The number of rotatable bonds is 10. The van der Waals surface area contributed by atoms with Crippen molar-refractivity contribution in [3.8, 4) is 11.5 Å². The van der Waals surface area contributed by atoms with E-state index in [0.29, 0.717) is 24.4 Å². The van der Waals surface area contributed by atoms with Gasteiger partial charge >= 0.3 is 0 Å². The number of nitrogens with one attached hydrogen (secondary N) is 2. The fourth-order valence-electron chi connectivity index (χ4n) is 4.00. The van der Waals surface area contributed by atoms with Crippen LogP contribution in [0.3, 0.4) is 0 Å². The molecule has 2 atom stereocenters. The van der Waals surface area contributed by atoms with E-state index in [-0.39, 0.29) is 11.6 Å². The highest BCUT2D eigenvalue weighted by atomic mass is 16.5. The number of aromatic nitrogens is 1. The standard InChI is InChI=1S/C28H30N2O4/c1-19(16-20-8-10-22(33-2)11-9-20)29-17-25(31)23-12-14-26(28-24(23)13-15-27(32)30-28)34-18-21-6-4-3-5-7-21/h3-15,19,25,29,31H,16-18H2,1-2H3,(H,30,32)/t19-,25-/m0/s1. The highest BCUT2D eigenvalue weighted by Crippen LogP contribution is 2.30. The molecule has 0 fully saturated rings. The zero-order valence-electron chi connectivity index (χ0n) is 19.5. The van der Waals surface area contributed by atoms with Crippen molar-refractivity contribution in [3.63, 3.8) is 0 Å². The van der Waals surface area contributed by atoms with Gasteiger partial charge in [0, 0.05) is 24.0 Å². The van der Waals surface area contributed by atoms with Crippen LogP contribution in [0.25, 0.3) is 10.9 Å². The Bertz CT molecular complexity index is 1270. The zero-order valence-corrected chi connectivity index (χ0v) is 19.5. The molecule has 0 radical (unpaired) electrons. The van der Waals surface area contributed by atoms with Crippen LogP contribution in [0, 0.1) is 0 Å². The Morgan fingerprint density at radius 2 is 1.71 bits per heavy atom. The van der Waals surface area contributed by atoms with E-state index in [4.69, 9.17) is 9.47 Å². The third-order valence-corrected chi connectivity index (χ3v) is 5.85. The van der Waals surface area contributed by atoms with Gasteiger partial charge in [-0.15, -0.1) is 0 Å². The van der Waals surface area contributed by atoms with Gasteiger partial charge in [-0.25, -0.2) is 0 Å². The molecule has 3 aromatic carbocycles. The first-order chi connectivity index (χ1) is 16.5. The summed E-state index contributed by atoms with van der Waals surface area (Å²) in [6.07, 6.45) is 0.0896. The molecule has 0 aliphatic rings. The lowest BCUT2D eigenvalue weighted by Crippen LogP contribution is -2.32. The first-order valence-electron chi connectivity index (χ1n) is 11.4. The van der Waals surface area contributed by atoms with Crippen molar-refractivity contribution < 1.29 is 14.6 Å². The van der Waals surface area contributed by atoms with Crippen molar-refractivity contribution in [1.29, 1.82) is 0 Å². The zero-order chi connectivity index (χ0) is 23.9. The van der Waals surface area contributed by atoms with Gasteiger partial charge < -0.3 is 24.9 Å². The Morgan fingerprint density at radius 3 is 2.44 bits per heavy atom. The summed E-state index contributed by atoms with van der Waals surface area (Å²) in [5, 5.41) is 15.1. The quantitative estimate of drug-likeness (QED) is 0.329. The highest BCUT2D eigenvalue weighted by Gasteiger charge is 2.16. The van der Waals surface area contributed by atoms with E-state index in [0.717, 1.165) is 28.7 Å². The van der Waals surface area contributed by atoms with Gasteiger partial charge in [0.25, 0.3) is 0 Å². The molecule has 0 amide bonds. The van der Waals surface area contributed by atoms with Crippen molar-refractivity contribution in [1.82, 2.24) is 10.3 Å². The minimum atomic E-state index is -0.741. The number of aliphatic hydroxyl groups is 1. The molecule has 4 aromatic rings. The second-order valence-electron chi connectivity index (χ2n) is 8.42. The van der Waals surface area contributed by atoms with Gasteiger partial charge in [0.1, 0.15) is 18.1 Å². The van der Waals surface area contributed by atoms with Crippen LogP contribution in [0.4, 0.5) is 0 Å². The van der Waals surface area contributed by atoms with Crippen LogP contribution in [0.1, 0.15) is 29.7 Å². The van der Waals surface area contributed by atoms with Crippen LogP contribution in [-0.2, 0) is 13.0 Å². The topological polar surface area (TPSA) is 83.6 Å². The average molecular weight is 459 g/mol. The van der Waals surface area contributed by atoms with E-state index in [9.17, 15) is 9.90 Å². The molecule has 1 aromatic heterocycles. The Morgan fingerprint density at radius 1 is 0.941 bits per heavy atom. The molecule has 0 aliphatic heterocycles. The summed E-state index contributed by atoms with van der Waals surface area (Å²) in [6, 6.07) is 24.9. The van der Waals surface area contributed by atoms with Gasteiger partial charge in [0.05, 0.1) is 18.7 Å². The number of pyridine rings is 1. The Hall–Kier alpha value is -3.61. The summed E-state index contributed by atoms with van der Waals surface area (Å²) < 4.78 is 11.2. The monoisotopic (exact) mass is 458 g/mol. The maximum absolute atomic E-state index is 12.0. The van der Waals surface area contributed by atoms with Crippen molar-refractivity contribution in [2.75, 3.05) is 13.7 Å². The Labute approximate surface area is 199 Å². The number of hydrogen-bond acceptors (Lipinski definition) is 5. The largest absolute Gasteiger partial charge is 0.497 e. The minimum absolute atomic E-state index is 0.169. The number of aliphatic hydroxyl groups excluding tert-OH is 1. The van der Waals surface area contributed by atoms with Gasteiger partial charge in [-0.2, -0.15) is 0 Å². The molecule has 0 unspecified atom stereocenters. The SMILES string of the molecule is COc1ccc(C[C@H](C)NC[C@H](O)c2ccc(OCc3ccccc3)c3[nH]c(=O)ccc23)cc1. The van der Waals surface area contributed by atoms with Crippen LogP contribution in [0.2, 0.25) is 0 Å². The molecule has 34 heavy (non-hydrogen) atoms. The van der Waals surface area contributed by atoms with Gasteiger partial charge in [-0.1, -0.05) is 48.5 Å². The van der Waals surface area contributed by atoms with Gasteiger partial charge in [0.2, 0.25) is 5.56 Å². The summed E-state index contributed by atoms with van der Waals surface area (Å²) in [5.74, 6) is 1.41. The molecule has 1 heterocycles. The number of ether oxygens (including phenoxy) is 2. The van der Waals surface area contributed by atoms with Crippen LogP contribution in [0.15, 0.2) is 83.7 Å². The molecule has 0 saturated carbocycles. The predicted molar refractivity (Wildman–Crippen MR) is 134 cm³/mol. The van der Waals surface area contributed by atoms with Crippen LogP contribution < -0.4 is 20.3 Å². The first-order valence-corrected chi connectivity index (χ1v) is 11.4. The predicted octanol–water partition coefficient (Wildman–Crippen LogP) is 4.37. The van der Waals surface area contributed by atoms with Crippen LogP contribution in [-0.4, -0.2) is 29.8 Å². The van der Waals surface area contributed by atoms with Crippen molar-refractivity contribution >= 4 is 10.9 Å².